The second-order valence-electron chi connectivity index (χ2n) is 7.51. The molecule has 0 bridgehead atoms. The number of piperidine rings is 1. The van der Waals surface area contributed by atoms with Gasteiger partial charge in [-0.3, -0.25) is 15.0 Å². The van der Waals surface area contributed by atoms with Gasteiger partial charge in [-0.1, -0.05) is 6.07 Å². The zero-order chi connectivity index (χ0) is 20.8. The molecule has 158 valence electrons. The second-order valence-corrected chi connectivity index (χ2v) is 7.51. The Morgan fingerprint density at radius 3 is 2.90 bits per heavy atom. The van der Waals surface area contributed by atoms with Gasteiger partial charge in [0.1, 0.15) is 11.5 Å². The van der Waals surface area contributed by atoms with Crippen molar-refractivity contribution in [3.63, 3.8) is 0 Å². The average molecular weight is 409 g/mol. The predicted molar refractivity (Wildman–Crippen MR) is 114 cm³/mol. The third-order valence-corrected chi connectivity index (χ3v) is 5.46. The van der Waals surface area contributed by atoms with Crippen molar-refractivity contribution in [2.75, 3.05) is 27.3 Å². The first-order chi connectivity index (χ1) is 14.8. The van der Waals surface area contributed by atoms with Crippen LogP contribution in [0, 0.1) is 0 Å². The van der Waals surface area contributed by atoms with Gasteiger partial charge in [-0.05, 0) is 43.1 Å². The van der Waals surface area contributed by atoms with Crippen molar-refractivity contribution >= 4 is 0 Å². The normalized spacial score (nSPS) is 17.1. The number of nitrogens with zero attached hydrogens (tertiary/aromatic N) is 3. The molecule has 1 aromatic carbocycles. The van der Waals surface area contributed by atoms with Crippen molar-refractivity contribution in [1.29, 1.82) is 0 Å². The van der Waals surface area contributed by atoms with Crippen molar-refractivity contribution < 1.29 is 14.2 Å². The maximum atomic E-state index is 6.16. The Balaban J connectivity index is 1.42. The molecule has 7 nitrogen and oxygen atoms in total. The minimum Gasteiger partial charge on any atom is -0.497 e. The van der Waals surface area contributed by atoms with Crippen LogP contribution in [0.25, 0.3) is 11.3 Å². The number of likely N-dealkylation sites (tertiary alicyclic amines) is 1. The summed E-state index contributed by atoms with van der Waals surface area (Å²) in [5, 5.41) is 7.45. The van der Waals surface area contributed by atoms with Gasteiger partial charge in [-0.2, -0.15) is 5.10 Å². The monoisotopic (exact) mass is 408 g/mol. The van der Waals surface area contributed by atoms with Crippen molar-refractivity contribution in [1.82, 2.24) is 20.1 Å². The molecule has 7 heteroatoms. The van der Waals surface area contributed by atoms with Gasteiger partial charge in [0.25, 0.3) is 0 Å². The molecule has 1 aliphatic heterocycles. The van der Waals surface area contributed by atoms with Gasteiger partial charge in [0.2, 0.25) is 0 Å². The van der Waals surface area contributed by atoms with Crippen LogP contribution < -0.4 is 9.47 Å². The lowest BCUT2D eigenvalue weighted by Gasteiger charge is -2.32. The summed E-state index contributed by atoms with van der Waals surface area (Å²) in [6.45, 7) is 3.38. The maximum absolute atomic E-state index is 6.16. The molecule has 0 aliphatic carbocycles. The lowest BCUT2D eigenvalue weighted by Crippen LogP contribution is -2.39. The summed E-state index contributed by atoms with van der Waals surface area (Å²) in [6, 6.07) is 9.83. The highest BCUT2D eigenvalue weighted by atomic mass is 16.5. The highest BCUT2D eigenvalue weighted by Crippen LogP contribution is 2.34. The van der Waals surface area contributed by atoms with Gasteiger partial charge in [0.15, 0.2) is 0 Å². The molecule has 3 heterocycles. The number of H-pyrrole nitrogens is 1. The number of aromatic nitrogens is 3. The quantitative estimate of drug-likeness (QED) is 0.613. The number of hydrogen-bond donors (Lipinski definition) is 1. The number of pyridine rings is 1. The Bertz CT molecular complexity index is 945. The number of rotatable bonds is 8. The first kappa shape index (κ1) is 20.4. The van der Waals surface area contributed by atoms with Gasteiger partial charge >= 0.3 is 0 Å². The van der Waals surface area contributed by atoms with Crippen molar-refractivity contribution in [2.24, 2.45) is 0 Å². The SMILES string of the molecule is COc1ccc(-c2[nH]ncc2CN2CCC[C@@H](OCc3cccnc3)C2)c(OC)c1. The van der Waals surface area contributed by atoms with E-state index in [1.807, 2.05) is 42.7 Å². The van der Waals surface area contributed by atoms with Crippen LogP contribution in [-0.2, 0) is 17.9 Å². The van der Waals surface area contributed by atoms with E-state index in [4.69, 9.17) is 14.2 Å². The average Bonchev–Trinajstić information content (AvgIpc) is 3.26. The molecule has 30 heavy (non-hydrogen) atoms. The van der Waals surface area contributed by atoms with Crippen LogP contribution in [-0.4, -0.2) is 53.5 Å². The van der Waals surface area contributed by atoms with E-state index in [1.165, 1.54) is 0 Å². The second kappa shape index (κ2) is 9.73. The smallest absolute Gasteiger partial charge is 0.131 e. The van der Waals surface area contributed by atoms with E-state index < -0.39 is 0 Å². The standard InChI is InChI=1S/C23H28N4O3/c1-28-19-7-8-21(22(11-19)29-2)23-18(13-25-26-23)14-27-10-4-6-20(15-27)30-16-17-5-3-9-24-12-17/h3,5,7-9,11-13,20H,4,6,10,14-16H2,1-2H3,(H,25,26)/t20-/m1/s1. The van der Waals surface area contributed by atoms with E-state index in [1.54, 1.807) is 20.4 Å². The molecule has 1 saturated heterocycles. The number of ether oxygens (including phenoxy) is 3. The van der Waals surface area contributed by atoms with Crippen molar-refractivity contribution in [3.8, 4) is 22.8 Å². The summed E-state index contributed by atoms with van der Waals surface area (Å²) >= 11 is 0. The number of benzene rings is 1. The summed E-state index contributed by atoms with van der Waals surface area (Å²) in [5.41, 5.74) is 4.21. The molecular weight excluding hydrogens is 380 g/mol. The maximum Gasteiger partial charge on any atom is 0.131 e. The highest BCUT2D eigenvalue weighted by molar-refractivity contribution is 5.71. The number of methoxy groups -OCH3 is 2. The van der Waals surface area contributed by atoms with Crippen LogP contribution in [0.5, 0.6) is 11.5 Å². The molecule has 1 fully saturated rings. The summed E-state index contributed by atoms with van der Waals surface area (Å²) in [5.74, 6) is 1.53. The van der Waals surface area contributed by atoms with Crippen LogP contribution >= 0.6 is 0 Å². The van der Waals surface area contributed by atoms with Crippen LogP contribution in [0.15, 0.2) is 48.9 Å². The third kappa shape index (κ3) is 4.80. The fraction of sp³-hybridized carbons (Fsp3) is 0.391. The van der Waals surface area contributed by atoms with E-state index >= 15 is 0 Å². The van der Waals surface area contributed by atoms with Crippen LogP contribution in [0.3, 0.4) is 0 Å². The minimum atomic E-state index is 0.227. The Hall–Kier alpha value is -2.90. The van der Waals surface area contributed by atoms with E-state index in [-0.39, 0.29) is 6.10 Å². The molecule has 0 spiro atoms. The van der Waals surface area contributed by atoms with Crippen molar-refractivity contribution in [3.05, 3.63) is 60.0 Å². The zero-order valence-corrected chi connectivity index (χ0v) is 17.5. The van der Waals surface area contributed by atoms with E-state index in [0.29, 0.717) is 6.61 Å². The molecule has 0 amide bonds. The van der Waals surface area contributed by atoms with E-state index in [0.717, 1.165) is 66.4 Å². The molecule has 3 aromatic rings. The molecule has 2 aromatic heterocycles. The summed E-state index contributed by atoms with van der Waals surface area (Å²) in [7, 11) is 3.32. The van der Waals surface area contributed by atoms with E-state index in [9.17, 15) is 0 Å². The van der Waals surface area contributed by atoms with Crippen LogP contribution in [0.4, 0.5) is 0 Å². The van der Waals surface area contributed by atoms with Crippen LogP contribution in [0.1, 0.15) is 24.0 Å². The largest absolute Gasteiger partial charge is 0.497 e. The Kier molecular flexibility index (Phi) is 6.61. The first-order valence-electron chi connectivity index (χ1n) is 10.2. The number of nitrogens with one attached hydrogen (secondary N) is 1. The lowest BCUT2D eigenvalue weighted by molar-refractivity contribution is -0.0121. The number of aromatic amines is 1. The predicted octanol–water partition coefficient (Wildman–Crippen LogP) is 3.67. The topological polar surface area (TPSA) is 72.5 Å². The third-order valence-electron chi connectivity index (χ3n) is 5.46. The van der Waals surface area contributed by atoms with E-state index in [2.05, 4.69) is 20.1 Å². The first-order valence-corrected chi connectivity index (χ1v) is 10.2. The molecular formula is C23H28N4O3. The minimum absolute atomic E-state index is 0.227. The molecule has 1 atom stereocenters. The molecule has 1 aliphatic rings. The van der Waals surface area contributed by atoms with Gasteiger partial charge in [0.05, 0.1) is 38.8 Å². The fourth-order valence-electron chi connectivity index (χ4n) is 3.90. The Morgan fingerprint density at radius 2 is 2.10 bits per heavy atom. The molecule has 0 unspecified atom stereocenters. The van der Waals surface area contributed by atoms with Gasteiger partial charge in [-0.25, -0.2) is 0 Å². The summed E-state index contributed by atoms with van der Waals surface area (Å²) < 4.78 is 17.1. The van der Waals surface area contributed by atoms with Crippen LogP contribution in [0.2, 0.25) is 0 Å². The van der Waals surface area contributed by atoms with Gasteiger partial charge in [0, 0.05) is 42.7 Å². The fourth-order valence-corrected chi connectivity index (χ4v) is 3.90. The summed E-state index contributed by atoms with van der Waals surface area (Å²) in [4.78, 5) is 6.59. The molecule has 1 N–H and O–H groups in total. The summed E-state index contributed by atoms with van der Waals surface area (Å²) in [6.07, 6.45) is 7.98. The lowest BCUT2D eigenvalue weighted by atomic mass is 10.0. The van der Waals surface area contributed by atoms with Gasteiger partial charge in [-0.15, -0.1) is 0 Å². The Labute approximate surface area is 177 Å². The van der Waals surface area contributed by atoms with Crippen molar-refractivity contribution in [2.45, 2.75) is 32.1 Å². The Morgan fingerprint density at radius 1 is 1.17 bits per heavy atom. The zero-order valence-electron chi connectivity index (χ0n) is 17.5. The van der Waals surface area contributed by atoms with Gasteiger partial charge < -0.3 is 14.2 Å². The molecule has 0 saturated carbocycles. The molecule has 4 rings (SSSR count). The molecule has 0 radical (unpaired) electrons. The number of hydrogen-bond acceptors (Lipinski definition) is 6. The highest BCUT2D eigenvalue weighted by Gasteiger charge is 2.23.